The lowest BCUT2D eigenvalue weighted by molar-refractivity contribution is -0.166. The summed E-state index contributed by atoms with van der Waals surface area (Å²) in [6, 6.07) is -1.37. The van der Waals surface area contributed by atoms with Gasteiger partial charge in [-0.15, -0.1) is 0 Å². The van der Waals surface area contributed by atoms with E-state index in [2.05, 4.69) is 4.74 Å². The maximum absolute atomic E-state index is 11.1. The first-order valence-corrected chi connectivity index (χ1v) is 4.72. The van der Waals surface area contributed by atoms with E-state index < -0.39 is 48.5 Å². The van der Waals surface area contributed by atoms with Crippen LogP contribution in [0.15, 0.2) is 0 Å². The molecule has 100 valence electrons. The van der Waals surface area contributed by atoms with Gasteiger partial charge in [0.15, 0.2) is 0 Å². The van der Waals surface area contributed by atoms with Crippen molar-refractivity contribution in [2.24, 2.45) is 5.73 Å². The Kier molecular flexibility index (Phi) is 6.21. The van der Waals surface area contributed by atoms with Crippen molar-refractivity contribution in [2.45, 2.75) is 25.3 Å². The van der Waals surface area contributed by atoms with Gasteiger partial charge in [0.1, 0.15) is 12.5 Å². The van der Waals surface area contributed by atoms with Gasteiger partial charge in [0.2, 0.25) is 0 Å². The van der Waals surface area contributed by atoms with E-state index in [1.165, 1.54) is 0 Å². The molecule has 0 aromatic carbocycles. The number of ether oxygens (including phenoxy) is 1. The van der Waals surface area contributed by atoms with Gasteiger partial charge in [-0.25, -0.2) is 9.59 Å². The Morgan fingerprint density at radius 3 is 2.06 bits per heavy atom. The molecule has 0 fully saturated rings. The number of hydrogen-bond donors (Lipinski definition) is 3. The van der Waals surface area contributed by atoms with E-state index in [1.54, 1.807) is 0 Å². The van der Waals surface area contributed by atoms with Crippen LogP contribution in [-0.2, 0) is 28.7 Å². The molecule has 0 aromatic rings. The van der Waals surface area contributed by atoms with Gasteiger partial charge in [-0.3, -0.25) is 14.4 Å². The summed E-state index contributed by atoms with van der Waals surface area (Å²) in [5.41, 5.74) is 5.20. The van der Waals surface area contributed by atoms with Crippen LogP contribution in [0.3, 0.4) is 0 Å². The Balaban J connectivity index is 4.22. The summed E-state index contributed by atoms with van der Waals surface area (Å²) in [6.45, 7) is 0. The minimum absolute atomic E-state index is 0.269. The molecule has 9 heteroatoms. The molecule has 0 saturated carbocycles. The van der Waals surface area contributed by atoms with E-state index in [9.17, 15) is 24.0 Å². The Hall–Kier alpha value is -2.29. The lowest BCUT2D eigenvalue weighted by atomic mass is 10.2. The second-order valence-electron chi connectivity index (χ2n) is 3.24. The minimum atomic E-state index is -1.63. The number of esters is 2. The first-order valence-electron chi connectivity index (χ1n) is 4.72. The predicted octanol–water partition coefficient (Wildman–Crippen LogP) is -1.71. The molecule has 0 unspecified atom stereocenters. The zero-order valence-electron chi connectivity index (χ0n) is 9.12. The summed E-state index contributed by atoms with van der Waals surface area (Å²) in [5, 5.41) is 16.5. The molecule has 4 N–H and O–H groups in total. The van der Waals surface area contributed by atoms with Crippen LogP contribution in [0.25, 0.3) is 0 Å². The van der Waals surface area contributed by atoms with Gasteiger partial charge in [0.25, 0.3) is 5.78 Å². The first kappa shape index (κ1) is 15.7. The van der Waals surface area contributed by atoms with Crippen molar-refractivity contribution in [3.8, 4) is 0 Å². The molecular weight excluding hydrogens is 250 g/mol. The van der Waals surface area contributed by atoms with Gasteiger partial charge in [0.05, 0.1) is 0 Å². The molecule has 0 saturated heterocycles. The third kappa shape index (κ3) is 6.33. The zero-order chi connectivity index (χ0) is 14.3. The van der Waals surface area contributed by atoms with Crippen molar-refractivity contribution in [3.63, 3.8) is 0 Å². The number of Topliss-reactive ketones (excluding diaryl/α,β-unsaturated/α-hetero) is 1. The molecule has 0 aliphatic carbocycles. The van der Waals surface area contributed by atoms with Crippen LogP contribution >= 0.6 is 0 Å². The largest absolute Gasteiger partial charge is 0.481 e. The smallest absolute Gasteiger partial charge is 0.382 e. The molecular formula is C9H11NO8. The monoisotopic (exact) mass is 261 g/mol. The molecule has 0 bridgehead atoms. The first-order chi connectivity index (χ1) is 8.23. The van der Waals surface area contributed by atoms with Crippen molar-refractivity contribution in [1.29, 1.82) is 0 Å². The van der Waals surface area contributed by atoms with Crippen molar-refractivity contribution in [2.75, 3.05) is 0 Å². The van der Waals surface area contributed by atoms with Gasteiger partial charge in [-0.2, -0.15) is 0 Å². The number of carbonyl (C=O) groups is 5. The summed E-state index contributed by atoms with van der Waals surface area (Å²) >= 11 is 0. The Morgan fingerprint density at radius 1 is 1.06 bits per heavy atom. The SMILES string of the molecule is N[C@@H](CCC(=O)O)C(=O)OC(=O)C(=O)CC(=O)O. The molecule has 0 amide bonds. The molecule has 0 rings (SSSR count). The summed E-state index contributed by atoms with van der Waals surface area (Å²) in [6.07, 6.45) is -1.78. The quantitative estimate of drug-likeness (QED) is 0.275. The van der Waals surface area contributed by atoms with Gasteiger partial charge >= 0.3 is 23.9 Å². The number of carbonyl (C=O) groups excluding carboxylic acids is 3. The number of carboxylic acids is 2. The predicted molar refractivity (Wildman–Crippen MR) is 53.2 cm³/mol. The fourth-order valence-corrected chi connectivity index (χ4v) is 0.830. The fraction of sp³-hybridized carbons (Fsp3) is 0.444. The van der Waals surface area contributed by atoms with Crippen LogP contribution in [0.5, 0.6) is 0 Å². The number of aliphatic carboxylic acids is 2. The van der Waals surface area contributed by atoms with Crippen LogP contribution in [-0.4, -0.2) is 45.9 Å². The normalized spacial score (nSPS) is 11.4. The van der Waals surface area contributed by atoms with Gasteiger partial charge in [-0.05, 0) is 6.42 Å². The fourth-order valence-electron chi connectivity index (χ4n) is 0.830. The van der Waals surface area contributed by atoms with Crippen LogP contribution < -0.4 is 5.73 Å². The number of nitrogens with two attached hydrogens (primary N) is 1. The second kappa shape index (κ2) is 7.12. The summed E-state index contributed by atoms with van der Waals surface area (Å²) in [4.78, 5) is 53.1. The minimum Gasteiger partial charge on any atom is -0.481 e. The molecule has 0 aromatic heterocycles. The number of hydrogen-bond acceptors (Lipinski definition) is 7. The maximum atomic E-state index is 11.1. The van der Waals surface area contributed by atoms with E-state index in [4.69, 9.17) is 15.9 Å². The van der Waals surface area contributed by atoms with Crippen LogP contribution in [0.4, 0.5) is 0 Å². The average Bonchev–Trinajstić information content (AvgIpc) is 2.24. The molecule has 0 spiro atoms. The summed E-state index contributed by atoms with van der Waals surface area (Å²) < 4.78 is 4.00. The third-order valence-electron chi connectivity index (χ3n) is 1.70. The average molecular weight is 261 g/mol. The van der Waals surface area contributed by atoms with Gasteiger partial charge < -0.3 is 20.7 Å². The summed E-state index contributed by atoms with van der Waals surface area (Å²) in [7, 11) is 0. The number of carboxylic acid groups (broad SMARTS) is 2. The van der Waals surface area contributed by atoms with Crippen LogP contribution in [0.2, 0.25) is 0 Å². The molecule has 18 heavy (non-hydrogen) atoms. The standard InChI is InChI=1S/C9H11NO8/c10-4(1-2-6(12)13)8(16)18-9(17)5(11)3-7(14)15/h4H,1-3,10H2,(H,12,13)(H,14,15)/t4-/m0/s1. The van der Waals surface area contributed by atoms with Gasteiger partial charge in [-0.1, -0.05) is 0 Å². The highest BCUT2D eigenvalue weighted by Crippen LogP contribution is 1.99. The van der Waals surface area contributed by atoms with Crippen molar-refractivity contribution in [1.82, 2.24) is 0 Å². The number of rotatable bonds is 7. The lowest BCUT2D eigenvalue weighted by Gasteiger charge is -2.07. The maximum Gasteiger partial charge on any atom is 0.382 e. The highest BCUT2D eigenvalue weighted by Gasteiger charge is 2.25. The number of ketones is 1. The van der Waals surface area contributed by atoms with E-state index in [0.29, 0.717) is 0 Å². The summed E-state index contributed by atoms with van der Waals surface area (Å²) in [5.74, 6) is -7.04. The van der Waals surface area contributed by atoms with E-state index in [1.807, 2.05) is 0 Å². The topological polar surface area (TPSA) is 161 Å². The zero-order valence-corrected chi connectivity index (χ0v) is 9.12. The highest BCUT2D eigenvalue weighted by atomic mass is 16.6. The Bertz CT molecular complexity index is 388. The van der Waals surface area contributed by atoms with Crippen molar-refractivity contribution in [3.05, 3.63) is 0 Å². The van der Waals surface area contributed by atoms with E-state index in [0.717, 1.165) is 0 Å². The van der Waals surface area contributed by atoms with Crippen molar-refractivity contribution < 1.29 is 38.9 Å². The molecule has 0 aliphatic rings. The van der Waals surface area contributed by atoms with Crippen molar-refractivity contribution >= 4 is 29.7 Å². The van der Waals surface area contributed by atoms with Crippen LogP contribution in [0.1, 0.15) is 19.3 Å². The molecule has 9 nitrogen and oxygen atoms in total. The van der Waals surface area contributed by atoms with Crippen LogP contribution in [0, 0.1) is 0 Å². The lowest BCUT2D eigenvalue weighted by Crippen LogP contribution is -2.36. The third-order valence-corrected chi connectivity index (χ3v) is 1.70. The van der Waals surface area contributed by atoms with Gasteiger partial charge in [0, 0.05) is 6.42 Å². The highest BCUT2D eigenvalue weighted by molar-refractivity contribution is 6.38. The Labute approximate surface area is 101 Å². The second-order valence-corrected chi connectivity index (χ2v) is 3.24. The Morgan fingerprint density at radius 2 is 1.61 bits per heavy atom. The van der Waals surface area contributed by atoms with E-state index >= 15 is 0 Å². The molecule has 0 radical (unpaired) electrons. The molecule has 0 aliphatic heterocycles. The molecule has 0 heterocycles. The molecule has 1 atom stereocenters. The van der Waals surface area contributed by atoms with E-state index in [-0.39, 0.29) is 6.42 Å².